The third-order valence-corrected chi connectivity index (χ3v) is 8.13. The Morgan fingerprint density at radius 2 is 1.80 bits per heavy atom. The van der Waals surface area contributed by atoms with Gasteiger partial charge in [0, 0.05) is 28.8 Å². The molecule has 1 fully saturated rings. The normalized spacial score (nSPS) is 13.7. The lowest BCUT2D eigenvalue weighted by atomic mass is 10.1. The van der Waals surface area contributed by atoms with Crippen molar-refractivity contribution in [2.45, 2.75) is 31.6 Å². The second-order valence-corrected chi connectivity index (χ2v) is 11.3. The average Bonchev–Trinajstić information content (AvgIpc) is 3.24. The number of aryl methyl sites for hydroxylation is 2. The Hall–Kier alpha value is -3.17. The molecule has 1 heterocycles. The van der Waals surface area contributed by atoms with E-state index in [1.54, 1.807) is 53.4 Å². The van der Waals surface area contributed by atoms with Crippen molar-refractivity contribution in [1.82, 2.24) is 0 Å². The van der Waals surface area contributed by atoms with Crippen LogP contribution >= 0.6 is 15.9 Å². The van der Waals surface area contributed by atoms with Gasteiger partial charge in [-0.05, 0) is 68.3 Å². The summed E-state index contributed by atoms with van der Waals surface area (Å²) in [6.45, 7) is 4.01. The van der Waals surface area contributed by atoms with Gasteiger partial charge in [0.2, 0.25) is 11.8 Å². The minimum atomic E-state index is -4.01. The molecule has 2 amide bonds. The molecule has 0 unspecified atom stereocenters. The van der Waals surface area contributed by atoms with E-state index in [1.165, 1.54) is 12.1 Å². The van der Waals surface area contributed by atoms with E-state index in [0.717, 1.165) is 27.5 Å². The van der Waals surface area contributed by atoms with Gasteiger partial charge in [-0.3, -0.25) is 13.9 Å². The van der Waals surface area contributed by atoms with E-state index in [1.807, 2.05) is 19.9 Å². The fraction of sp³-hybridized carbons (Fsp3) is 0.231. The monoisotopic (exact) mass is 555 g/mol. The lowest BCUT2D eigenvalue weighted by Crippen LogP contribution is -2.38. The van der Waals surface area contributed by atoms with Gasteiger partial charge in [0.1, 0.15) is 6.54 Å². The molecule has 3 aromatic carbocycles. The number of halogens is 1. The van der Waals surface area contributed by atoms with Crippen LogP contribution in [0.4, 0.5) is 17.1 Å². The standard InChI is InChI=1S/C26H26BrN3O4S/c1-18-8-12-23(13-9-18)35(33,34)30(22-6-3-5-20(27)15-22)17-25(31)28-21-11-10-19(2)24(16-21)29-14-4-7-26(29)32/h3,5-6,8-13,15-16H,4,7,14,17H2,1-2H3,(H,28,31). The van der Waals surface area contributed by atoms with E-state index in [0.29, 0.717) is 28.8 Å². The maximum Gasteiger partial charge on any atom is 0.264 e. The molecule has 0 aliphatic carbocycles. The highest BCUT2D eigenvalue weighted by Gasteiger charge is 2.28. The Kier molecular flexibility index (Phi) is 7.28. The molecule has 0 radical (unpaired) electrons. The summed E-state index contributed by atoms with van der Waals surface area (Å²) in [6, 6.07) is 18.7. The van der Waals surface area contributed by atoms with Crippen molar-refractivity contribution in [3.05, 3.63) is 82.3 Å². The van der Waals surface area contributed by atoms with Crippen LogP contribution in [0.3, 0.4) is 0 Å². The van der Waals surface area contributed by atoms with Crippen LogP contribution in [0, 0.1) is 13.8 Å². The molecule has 3 aromatic rings. The molecule has 1 aliphatic heterocycles. The zero-order valence-corrected chi connectivity index (χ0v) is 21.9. The number of benzene rings is 3. The van der Waals surface area contributed by atoms with E-state index < -0.39 is 22.5 Å². The summed E-state index contributed by atoms with van der Waals surface area (Å²) in [4.78, 5) is 27.1. The molecule has 1 N–H and O–H groups in total. The molecule has 9 heteroatoms. The van der Waals surface area contributed by atoms with Crippen LogP contribution in [-0.4, -0.2) is 33.3 Å². The van der Waals surface area contributed by atoms with Gasteiger partial charge >= 0.3 is 0 Å². The number of sulfonamides is 1. The van der Waals surface area contributed by atoms with Crippen LogP contribution < -0.4 is 14.5 Å². The smallest absolute Gasteiger partial charge is 0.264 e. The number of anilines is 3. The van der Waals surface area contributed by atoms with Gasteiger partial charge in [0.05, 0.1) is 10.6 Å². The summed E-state index contributed by atoms with van der Waals surface area (Å²) >= 11 is 3.38. The highest BCUT2D eigenvalue weighted by atomic mass is 79.9. The van der Waals surface area contributed by atoms with E-state index >= 15 is 0 Å². The van der Waals surface area contributed by atoms with Gasteiger partial charge in [-0.25, -0.2) is 8.42 Å². The highest BCUT2D eigenvalue weighted by Crippen LogP contribution is 2.29. The molecule has 4 rings (SSSR count). The maximum atomic E-state index is 13.5. The number of rotatable bonds is 7. The molecule has 0 saturated carbocycles. The van der Waals surface area contributed by atoms with Crippen molar-refractivity contribution < 1.29 is 18.0 Å². The Morgan fingerprint density at radius 1 is 1.06 bits per heavy atom. The minimum Gasteiger partial charge on any atom is -0.324 e. The highest BCUT2D eigenvalue weighted by molar-refractivity contribution is 9.10. The van der Waals surface area contributed by atoms with Crippen molar-refractivity contribution in [1.29, 1.82) is 0 Å². The van der Waals surface area contributed by atoms with Crippen molar-refractivity contribution in [3.63, 3.8) is 0 Å². The first-order chi connectivity index (χ1) is 16.6. The molecular weight excluding hydrogens is 530 g/mol. The number of amides is 2. The lowest BCUT2D eigenvalue weighted by molar-refractivity contribution is -0.117. The molecular formula is C26H26BrN3O4S. The molecule has 35 heavy (non-hydrogen) atoms. The molecule has 182 valence electrons. The van der Waals surface area contributed by atoms with Crippen LogP contribution in [0.2, 0.25) is 0 Å². The summed E-state index contributed by atoms with van der Waals surface area (Å²) in [5.74, 6) is -0.440. The van der Waals surface area contributed by atoms with Crippen molar-refractivity contribution in [2.75, 3.05) is 27.6 Å². The minimum absolute atomic E-state index is 0.0570. The Balaban J connectivity index is 1.62. The van der Waals surface area contributed by atoms with Gasteiger partial charge in [-0.15, -0.1) is 0 Å². The van der Waals surface area contributed by atoms with Gasteiger partial charge in [-0.2, -0.15) is 0 Å². The van der Waals surface area contributed by atoms with E-state index in [2.05, 4.69) is 21.2 Å². The van der Waals surface area contributed by atoms with Gasteiger partial charge in [0.15, 0.2) is 0 Å². The molecule has 1 aliphatic rings. The van der Waals surface area contributed by atoms with Crippen molar-refractivity contribution >= 4 is 54.8 Å². The summed E-state index contributed by atoms with van der Waals surface area (Å²) in [6.07, 6.45) is 1.31. The zero-order chi connectivity index (χ0) is 25.2. The quantitative estimate of drug-likeness (QED) is 0.443. The van der Waals surface area contributed by atoms with Crippen LogP contribution in [0.15, 0.2) is 76.1 Å². The summed E-state index contributed by atoms with van der Waals surface area (Å²) in [5, 5.41) is 2.80. The van der Waals surface area contributed by atoms with Gasteiger partial charge in [0.25, 0.3) is 10.0 Å². The van der Waals surface area contributed by atoms with Crippen LogP contribution in [0.1, 0.15) is 24.0 Å². The second kappa shape index (κ2) is 10.2. The average molecular weight is 556 g/mol. The third kappa shape index (κ3) is 5.57. The second-order valence-electron chi connectivity index (χ2n) is 8.50. The first-order valence-electron chi connectivity index (χ1n) is 11.2. The SMILES string of the molecule is Cc1ccc(S(=O)(=O)N(CC(=O)Nc2ccc(C)c(N3CCCC3=O)c2)c2cccc(Br)c2)cc1. The van der Waals surface area contributed by atoms with Crippen LogP contribution in [0.5, 0.6) is 0 Å². The number of hydrogen-bond acceptors (Lipinski definition) is 4. The third-order valence-electron chi connectivity index (χ3n) is 5.85. The predicted molar refractivity (Wildman–Crippen MR) is 141 cm³/mol. The van der Waals surface area contributed by atoms with Crippen LogP contribution in [-0.2, 0) is 19.6 Å². The van der Waals surface area contributed by atoms with Crippen molar-refractivity contribution in [2.24, 2.45) is 0 Å². The molecule has 0 spiro atoms. The summed E-state index contributed by atoms with van der Waals surface area (Å²) in [7, 11) is -4.01. The van der Waals surface area contributed by atoms with Crippen molar-refractivity contribution in [3.8, 4) is 0 Å². The number of hydrogen-bond donors (Lipinski definition) is 1. The molecule has 7 nitrogen and oxygen atoms in total. The lowest BCUT2D eigenvalue weighted by Gasteiger charge is -2.25. The van der Waals surface area contributed by atoms with E-state index in [-0.39, 0.29) is 10.8 Å². The Morgan fingerprint density at radius 3 is 2.46 bits per heavy atom. The first kappa shape index (κ1) is 24.9. The zero-order valence-electron chi connectivity index (χ0n) is 19.5. The van der Waals surface area contributed by atoms with E-state index in [4.69, 9.17) is 0 Å². The predicted octanol–water partition coefficient (Wildman–Crippen LogP) is 5.03. The van der Waals surface area contributed by atoms with Gasteiger partial charge < -0.3 is 10.2 Å². The first-order valence-corrected chi connectivity index (χ1v) is 13.4. The number of nitrogens with zero attached hydrogens (tertiary/aromatic N) is 2. The fourth-order valence-corrected chi connectivity index (χ4v) is 5.80. The largest absolute Gasteiger partial charge is 0.324 e. The summed E-state index contributed by atoms with van der Waals surface area (Å²) < 4.78 is 28.9. The molecule has 0 atom stereocenters. The Bertz CT molecular complexity index is 1370. The van der Waals surface area contributed by atoms with Crippen LogP contribution in [0.25, 0.3) is 0 Å². The number of nitrogens with one attached hydrogen (secondary N) is 1. The fourth-order valence-electron chi connectivity index (χ4n) is 4.00. The topological polar surface area (TPSA) is 86.8 Å². The molecule has 1 saturated heterocycles. The Labute approximate surface area is 213 Å². The number of carbonyl (C=O) groups is 2. The molecule has 0 bridgehead atoms. The summed E-state index contributed by atoms with van der Waals surface area (Å²) in [5.41, 5.74) is 3.47. The molecule has 0 aromatic heterocycles. The van der Waals surface area contributed by atoms with Gasteiger partial charge in [-0.1, -0.05) is 45.8 Å². The maximum absolute atomic E-state index is 13.5. The van der Waals surface area contributed by atoms with E-state index in [9.17, 15) is 18.0 Å². The number of carbonyl (C=O) groups excluding carboxylic acids is 2.